The van der Waals surface area contributed by atoms with Gasteiger partial charge in [-0.2, -0.15) is 0 Å². The number of hydrogen-bond acceptors (Lipinski definition) is 4. The molecule has 1 aromatic heterocycles. The number of ether oxygens (including phenoxy) is 1. The van der Waals surface area contributed by atoms with E-state index in [1.165, 1.54) is 0 Å². The average molecular weight is 336 g/mol. The third-order valence-corrected chi connectivity index (χ3v) is 4.04. The number of rotatable bonds is 4. The summed E-state index contributed by atoms with van der Waals surface area (Å²) in [6.07, 6.45) is -0.902. The Morgan fingerprint density at radius 2 is 1.76 bits per heavy atom. The van der Waals surface area contributed by atoms with Crippen molar-refractivity contribution < 1.29 is 14.1 Å². The van der Waals surface area contributed by atoms with Gasteiger partial charge in [0.05, 0.1) is 0 Å². The number of nitrogens with zero attached hydrogens (tertiary/aromatic N) is 1. The Bertz CT molecular complexity index is 872. The fourth-order valence-corrected chi connectivity index (χ4v) is 2.70. The van der Waals surface area contributed by atoms with E-state index in [2.05, 4.69) is 10.5 Å². The van der Waals surface area contributed by atoms with Gasteiger partial charge < -0.3 is 9.26 Å². The smallest absolute Gasteiger partial charge is 0.412 e. The van der Waals surface area contributed by atoms with E-state index in [-0.39, 0.29) is 6.10 Å². The summed E-state index contributed by atoms with van der Waals surface area (Å²) in [5, 5.41) is 6.71. The largest absolute Gasteiger partial charge is 0.441 e. The van der Waals surface area contributed by atoms with Crippen molar-refractivity contribution in [3.63, 3.8) is 0 Å². The summed E-state index contributed by atoms with van der Waals surface area (Å²) in [5.74, 6) is 0.513. The van der Waals surface area contributed by atoms with Gasteiger partial charge >= 0.3 is 6.09 Å². The summed E-state index contributed by atoms with van der Waals surface area (Å²) < 4.78 is 10.9. The van der Waals surface area contributed by atoms with Crippen molar-refractivity contribution in [1.82, 2.24) is 5.16 Å². The van der Waals surface area contributed by atoms with Crippen LogP contribution in [0.25, 0.3) is 11.3 Å². The molecule has 0 spiro atoms. The Morgan fingerprint density at radius 3 is 2.48 bits per heavy atom. The molecule has 128 valence electrons. The molecule has 2 aromatic carbocycles. The van der Waals surface area contributed by atoms with Crippen molar-refractivity contribution in [2.45, 2.75) is 26.9 Å². The monoisotopic (exact) mass is 336 g/mol. The topological polar surface area (TPSA) is 64.4 Å². The fraction of sp³-hybridized carbons (Fsp3) is 0.200. The standard InChI is InChI=1S/C20H20N2O3/c1-13-9-7-8-12-17(13)15(3)24-20(23)21-18-14(2)22-25-19(18)16-10-5-4-6-11-16/h4-12,15H,1-3H3,(H,21,23). The van der Waals surface area contributed by atoms with Crippen molar-refractivity contribution in [2.24, 2.45) is 0 Å². The van der Waals surface area contributed by atoms with Crippen LogP contribution in [0.1, 0.15) is 29.8 Å². The lowest BCUT2D eigenvalue weighted by Crippen LogP contribution is -2.17. The number of aryl methyl sites for hydroxylation is 2. The van der Waals surface area contributed by atoms with Gasteiger partial charge in [0.1, 0.15) is 17.5 Å². The lowest BCUT2D eigenvalue weighted by atomic mass is 10.1. The predicted octanol–water partition coefficient (Wildman–Crippen LogP) is 5.27. The van der Waals surface area contributed by atoms with E-state index in [0.717, 1.165) is 16.7 Å². The van der Waals surface area contributed by atoms with E-state index in [0.29, 0.717) is 17.1 Å². The third kappa shape index (κ3) is 3.71. The predicted molar refractivity (Wildman–Crippen MR) is 96.4 cm³/mol. The zero-order valence-electron chi connectivity index (χ0n) is 14.4. The minimum atomic E-state index is -0.542. The summed E-state index contributed by atoms with van der Waals surface area (Å²) in [4.78, 5) is 12.3. The van der Waals surface area contributed by atoms with Gasteiger partial charge in [0.25, 0.3) is 0 Å². The van der Waals surface area contributed by atoms with Gasteiger partial charge in [-0.05, 0) is 31.9 Å². The van der Waals surface area contributed by atoms with Gasteiger partial charge in [-0.3, -0.25) is 5.32 Å². The van der Waals surface area contributed by atoms with Crippen molar-refractivity contribution in [2.75, 3.05) is 5.32 Å². The van der Waals surface area contributed by atoms with Crippen LogP contribution in [-0.4, -0.2) is 11.2 Å². The van der Waals surface area contributed by atoms with Crippen LogP contribution in [0.2, 0.25) is 0 Å². The molecule has 3 rings (SSSR count). The van der Waals surface area contributed by atoms with Crippen LogP contribution in [0.3, 0.4) is 0 Å². The molecule has 0 saturated carbocycles. The Morgan fingerprint density at radius 1 is 1.08 bits per heavy atom. The molecule has 0 aliphatic heterocycles. The molecule has 0 saturated heterocycles. The maximum Gasteiger partial charge on any atom is 0.412 e. The maximum absolute atomic E-state index is 12.3. The second kappa shape index (κ2) is 7.21. The second-order valence-electron chi connectivity index (χ2n) is 5.87. The Hall–Kier alpha value is -3.08. The van der Waals surface area contributed by atoms with Crippen molar-refractivity contribution in [1.29, 1.82) is 0 Å². The van der Waals surface area contributed by atoms with Gasteiger partial charge in [-0.15, -0.1) is 0 Å². The minimum absolute atomic E-state index is 0.360. The molecule has 1 atom stereocenters. The first kappa shape index (κ1) is 16.8. The molecular formula is C20H20N2O3. The number of hydrogen-bond donors (Lipinski definition) is 1. The molecule has 0 radical (unpaired) electrons. The van der Waals surface area contributed by atoms with E-state index in [9.17, 15) is 4.79 Å². The Balaban J connectivity index is 1.76. The first-order valence-corrected chi connectivity index (χ1v) is 8.11. The van der Waals surface area contributed by atoms with Crippen LogP contribution in [-0.2, 0) is 4.74 Å². The Kier molecular flexibility index (Phi) is 4.84. The molecule has 0 aliphatic carbocycles. The van der Waals surface area contributed by atoms with E-state index in [4.69, 9.17) is 9.26 Å². The third-order valence-electron chi connectivity index (χ3n) is 4.04. The molecule has 5 nitrogen and oxygen atoms in total. The number of carbonyl (C=O) groups excluding carboxylic acids is 1. The zero-order valence-corrected chi connectivity index (χ0v) is 14.4. The molecule has 1 amide bonds. The van der Waals surface area contributed by atoms with Crippen LogP contribution < -0.4 is 5.32 Å². The first-order valence-electron chi connectivity index (χ1n) is 8.11. The lowest BCUT2D eigenvalue weighted by Gasteiger charge is -2.16. The summed E-state index contributed by atoms with van der Waals surface area (Å²) in [7, 11) is 0. The van der Waals surface area contributed by atoms with Crippen LogP contribution in [0.15, 0.2) is 59.1 Å². The molecule has 0 fully saturated rings. The zero-order chi connectivity index (χ0) is 17.8. The molecule has 1 heterocycles. The number of carbonyl (C=O) groups is 1. The molecule has 0 aliphatic rings. The van der Waals surface area contributed by atoms with Gasteiger partial charge in [0.2, 0.25) is 0 Å². The first-order chi connectivity index (χ1) is 12.1. The summed E-state index contributed by atoms with van der Waals surface area (Å²) in [6.45, 7) is 5.61. The van der Waals surface area contributed by atoms with E-state index in [1.54, 1.807) is 6.92 Å². The molecule has 0 bridgehead atoms. The summed E-state index contributed by atoms with van der Waals surface area (Å²) >= 11 is 0. The number of nitrogens with one attached hydrogen (secondary N) is 1. The van der Waals surface area contributed by atoms with Crippen LogP contribution >= 0.6 is 0 Å². The van der Waals surface area contributed by atoms with E-state index >= 15 is 0 Å². The SMILES string of the molecule is Cc1ccccc1C(C)OC(=O)Nc1c(C)noc1-c1ccccc1. The highest BCUT2D eigenvalue weighted by molar-refractivity contribution is 5.90. The second-order valence-corrected chi connectivity index (χ2v) is 5.87. The number of amides is 1. The fourth-order valence-electron chi connectivity index (χ4n) is 2.70. The van der Waals surface area contributed by atoms with Crippen LogP contribution in [0, 0.1) is 13.8 Å². The summed E-state index contributed by atoms with van der Waals surface area (Å²) in [5.41, 5.74) is 4.01. The number of benzene rings is 2. The van der Waals surface area contributed by atoms with Gasteiger partial charge in [-0.1, -0.05) is 59.8 Å². The maximum atomic E-state index is 12.3. The Labute approximate surface area is 146 Å². The van der Waals surface area contributed by atoms with Crippen molar-refractivity contribution in [3.05, 3.63) is 71.4 Å². The van der Waals surface area contributed by atoms with Crippen molar-refractivity contribution in [3.8, 4) is 11.3 Å². The number of anilines is 1. The molecular weight excluding hydrogens is 316 g/mol. The lowest BCUT2D eigenvalue weighted by molar-refractivity contribution is 0.121. The molecule has 25 heavy (non-hydrogen) atoms. The van der Waals surface area contributed by atoms with Crippen LogP contribution in [0.4, 0.5) is 10.5 Å². The average Bonchev–Trinajstić information content (AvgIpc) is 2.96. The molecule has 1 unspecified atom stereocenters. The quantitative estimate of drug-likeness (QED) is 0.705. The molecule has 1 N–H and O–H groups in total. The summed E-state index contributed by atoms with van der Waals surface area (Å²) in [6, 6.07) is 17.3. The van der Waals surface area contributed by atoms with E-state index in [1.807, 2.05) is 68.4 Å². The highest BCUT2D eigenvalue weighted by atomic mass is 16.6. The highest BCUT2D eigenvalue weighted by Gasteiger charge is 2.20. The van der Waals surface area contributed by atoms with E-state index < -0.39 is 6.09 Å². The van der Waals surface area contributed by atoms with Gasteiger partial charge in [-0.25, -0.2) is 4.79 Å². The number of aromatic nitrogens is 1. The normalized spacial score (nSPS) is 11.8. The molecule has 3 aromatic rings. The van der Waals surface area contributed by atoms with Crippen molar-refractivity contribution >= 4 is 11.8 Å². The molecule has 5 heteroatoms. The van der Waals surface area contributed by atoms with Gasteiger partial charge in [0, 0.05) is 5.56 Å². The van der Waals surface area contributed by atoms with Gasteiger partial charge in [0.15, 0.2) is 5.76 Å². The highest BCUT2D eigenvalue weighted by Crippen LogP contribution is 2.31. The minimum Gasteiger partial charge on any atom is -0.441 e. The van der Waals surface area contributed by atoms with Crippen LogP contribution in [0.5, 0.6) is 0 Å².